The molecule has 1 aromatic rings. The van der Waals surface area contributed by atoms with Gasteiger partial charge in [-0.3, -0.25) is 0 Å². The highest BCUT2D eigenvalue weighted by molar-refractivity contribution is 7.89. The average molecular weight is 343 g/mol. The lowest BCUT2D eigenvalue weighted by atomic mass is 10.1. The molecule has 0 aromatic heterocycles. The second-order valence-electron chi connectivity index (χ2n) is 4.31. The molecule has 0 aliphatic carbocycles. The molecule has 0 unspecified atom stereocenters. The van der Waals surface area contributed by atoms with Crippen LogP contribution in [0, 0.1) is 17.5 Å². The lowest BCUT2D eigenvalue weighted by Crippen LogP contribution is -2.30. The molecule has 0 spiro atoms. The van der Waals surface area contributed by atoms with Gasteiger partial charge in [0.05, 0.1) is 0 Å². The van der Waals surface area contributed by atoms with Crippen LogP contribution in [0.5, 0.6) is 0 Å². The number of benzene rings is 1. The normalized spacial score (nSPS) is 15.3. The third-order valence-electron chi connectivity index (χ3n) is 2.94. The van der Waals surface area contributed by atoms with Crippen molar-refractivity contribution >= 4 is 22.4 Å². The minimum atomic E-state index is -4.22. The van der Waals surface area contributed by atoms with E-state index in [1.54, 1.807) is 0 Å². The molecule has 0 saturated heterocycles. The van der Waals surface area contributed by atoms with E-state index in [4.69, 9.17) is 0 Å². The van der Waals surface area contributed by atoms with Crippen LogP contribution in [-0.4, -0.2) is 28.1 Å². The highest BCUT2D eigenvalue weighted by Crippen LogP contribution is 2.19. The first-order chi connectivity index (χ1) is 9.42. The summed E-state index contributed by atoms with van der Waals surface area (Å²) >= 11 is 0. The topological polar surface area (TPSA) is 58.2 Å². The lowest BCUT2D eigenvalue weighted by Gasteiger charge is -2.15. The minimum absolute atomic E-state index is 0. The number of halogens is 4. The molecule has 4 nitrogen and oxygen atoms in total. The summed E-state index contributed by atoms with van der Waals surface area (Å²) in [4.78, 5) is -0.897. The molecule has 9 heteroatoms. The second-order valence-corrected chi connectivity index (χ2v) is 6.05. The average Bonchev–Trinajstić information content (AvgIpc) is 2.44. The number of rotatable bonds is 4. The van der Waals surface area contributed by atoms with Crippen molar-refractivity contribution < 1.29 is 21.6 Å². The van der Waals surface area contributed by atoms with Gasteiger partial charge in [0.2, 0.25) is 10.0 Å². The van der Waals surface area contributed by atoms with Gasteiger partial charge in [0.1, 0.15) is 4.90 Å². The maximum absolute atomic E-state index is 13.5. The molecule has 2 rings (SSSR count). The highest BCUT2D eigenvalue weighted by atomic mass is 35.5. The van der Waals surface area contributed by atoms with E-state index in [0.717, 1.165) is 12.1 Å². The predicted octanol–water partition coefficient (Wildman–Crippen LogP) is 1.72. The Bertz CT molecular complexity index is 650. The number of hydrogen-bond donors (Lipinski definition) is 2. The van der Waals surface area contributed by atoms with Crippen molar-refractivity contribution in [2.45, 2.75) is 11.3 Å². The molecule has 0 radical (unpaired) electrons. The van der Waals surface area contributed by atoms with Gasteiger partial charge in [0, 0.05) is 13.1 Å². The van der Waals surface area contributed by atoms with E-state index in [2.05, 4.69) is 10.0 Å². The molecule has 1 aliphatic heterocycles. The van der Waals surface area contributed by atoms with E-state index in [-0.39, 0.29) is 19.0 Å². The first-order valence-corrected chi connectivity index (χ1v) is 7.42. The standard InChI is InChI=1S/C12H13F3N2O2S.ClH/c13-9-1-2-10(12(15)11(9)14)20(18,19)17-7-8-3-5-16-6-4-8;/h1-3,16-17H,4-7H2;1H. The second kappa shape index (κ2) is 7.26. The Hall–Kier alpha value is -1.09. The van der Waals surface area contributed by atoms with Crippen LogP contribution in [0.1, 0.15) is 6.42 Å². The fourth-order valence-corrected chi connectivity index (χ4v) is 2.91. The van der Waals surface area contributed by atoms with Crippen LogP contribution < -0.4 is 10.0 Å². The number of sulfonamides is 1. The molecular formula is C12H14ClF3N2O2S. The molecule has 1 aromatic carbocycles. The molecule has 0 bridgehead atoms. The van der Waals surface area contributed by atoms with Crippen LogP contribution in [-0.2, 0) is 10.0 Å². The third-order valence-corrected chi connectivity index (χ3v) is 4.36. The predicted molar refractivity (Wildman–Crippen MR) is 74.3 cm³/mol. The van der Waals surface area contributed by atoms with Crippen molar-refractivity contribution in [2.24, 2.45) is 0 Å². The van der Waals surface area contributed by atoms with Crippen molar-refractivity contribution in [3.63, 3.8) is 0 Å². The summed E-state index contributed by atoms with van der Waals surface area (Å²) in [7, 11) is -4.22. The van der Waals surface area contributed by atoms with E-state index >= 15 is 0 Å². The van der Waals surface area contributed by atoms with Gasteiger partial charge in [-0.2, -0.15) is 0 Å². The summed E-state index contributed by atoms with van der Waals surface area (Å²) in [6.45, 7) is 1.38. The summed E-state index contributed by atoms with van der Waals surface area (Å²) < 4.78 is 65.2. The Labute approximate surface area is 126 Å². The lowest BCUT2D eigenvalue weighted by molar-refractivity contribution is 0.431. The summed E-state index contributed by atoms with van der Waals surface area (Å²) in [6.07, 6.45) is 2.50. The molecule has 1 aliphatic rings. The molecule has 118 valence electrons. The molecular weight excluding hydrogens is 329 g/mol. The van der Waals surface area contributed by atoms with Gasteiger partial charge in [-0.05, 0) is 25.1 Å². The summed E-state index contributed by atoms with van der Waals surface area (Å²) in [5.41, 5.74) is 0.857. The summed E-state index contributed by atoms with van der Waals surface area (Å²) in [5, 5.41) is 3.06. The van der Waals surface area contributed by atoms with Crippen LogP contribution in [0.25, 0.3) is 0 Å². The maximum atomic E-state index is 13.5. The maximum Gasteiger partial charge on any atom is 0.243 e. The van der Waals surface area contributed by atoms with Gasteiger partial charge >= 0.3 is 0 Å². The van der Waals surface area contributed by atoms with Crippen molar-refractivity contribution in [2.75, 3.05) is 19.6 Å². The monoisotopic (exact) mass is 342 g/mol. The van der Waals surface area contributed by atoms with Crippen LogP contribution >= 0.6 is 12.4 Å². The van der Waals surface area contributed by atoms with Crippen LogP contribution in [0.3, 0.4) is 0 Å². The first kappa shape index (κ1) is 18.0. The summed E-state index contributed by atoms with van der Waals surface area (Å²) in [6, 6.07) is 1.28. The Kier molecular flexibility index (Phi) is 6.21. The molecule has 0 atom stereocenters. The van der Waals surface area contributed by atoms with Crippen molar-refractivity contribution in [1.29, 1.82) is 0 Å². The van der Waals surface area contributed by atoms with E-state index < -0.39 is 32.4 Å². The molecule has 21 heavy (non-hydrogen) atoms. The first-order valence-electron chi connectivity index (χ1n) is 5.93. The van der Waals surface area contributed by atoms with Crippen molar-refractivity contribution in [1.82, 2.24) is 10.0 Å². The minimum Gasteiger partial charge on any atom is -0.313 e. The molecule has 0 fully saturated rings. The molecule has 0 amide bonds. The zero-order valence-corrected chi connectivity index (χ0v) is 12.5. The summed E-state index contributed by atoms with van der Waals surface area (Å²) in [5.74, 6) is -4.94. The zero-order valence-electron chi connectivity index (χ0n) is 10.8. The zero-order chi connectivity index (χ0) is 14.8. The fraction of sp³-hybridized carbons (Fsp3) is 0.333. The Morgan fingerprint density at radius 3 is 2.52 bits per heavy atom. The smallest absolute Gasteiger partial charge is 0.243 e. The van der Waals surface area contributed by atoms with Crippen LogP contribution in [0.4, 0.5) is 13.2 Å². The fourth-order valence-electron chi connectivity index (χ4n) is 1.81. The van der Waals surface area contributed by atoms with Gasteiger partial charge in [-0.1, -0.05) is 11.6 Å². The van der Waals surface area contributed by atoms with E-state index in [9.17, 15) is 21.6 Å². The van der Waals surface area contributed by atoms with E-state index in [1.807, 2.05) is 6.08 Å². The van der Waals surface area contributed by atoms with Gasteiger partial charge in [0.15, 0.2) is 17.5 Å². The van der Waals surface area contributed by atoms with Gasteiger partial charge in [0.25, 0.3) is 0 Å². The highest BCUT2D eigenvalue weighted by Gasteiger charge is 2.24. The molecule has 1 heterocycles. The van der Waals surface area contributed by atoms with Crippen LogP contribution in [0.15, 0.2) is 28.7 Å². The molecule has 0 saturated carbocycles. The Morgan fingerprint density at radius 1 is 1.19 bits per heavy atom. The third kappa shape index (κ3) is 4.19. The van der Waals surface area contributed by atoms with Gasteiger partial charge in [-0.25, -0.2) is 26.3 Å². The van der Waals surface area contributed by atoms with Crippen LogP contribution in [0.2, 0.25) is 0 Å². The Morgan fingerprint density at radius 2 is 1.90 bits per heavy atom. The molecule has 2 N–H and O–H groups in total. The SMILES string of the molecule is Cl.O=S(=O)(NCC1=CCNCC1)c1ccc(F)c(F)c1F. The largest absolute Gasteiger partial charge is 0.313 e. The van der Waals surface area contributed by atoms with Crippen molar-refractivity contribution in [3.8, 4) is 0 Å². The number of hydrogen-bond acceptors (Lipinski definition) is 3. The number of nitrogens with one attached hydrogen (secondary N) is 2. The van der Waals surface area contributed by atoms with E-state index in [1.165, 1.54) is 0 Å². The van der Waals surface area contributed by atoms with Gasteiger partial charge < -0.3 is 5.32 Å². The van der Waals surface area contributed by atoms with Crippen molar-refractivity contribution in [3.05, 3.63) is 41.2 Å². The van der Waals surface area contributed by atoms with Gasteiger partial charge in [-0.15, -0.1) is 12.4 Å². The Balaban J connectivity index is 0.00000220. The quantitative estimate of drug-likeness (QED) is 0.647. The van der Waals surface area contributed by atoms with E-state index in [0.29, 0.717) is 25.1 Å².